The number of nitrogens with one attached hydrogen (secondary N) is 1. The van der Waals surface area contributed by atoms with Crippen molar-refractivity contribution in [2.45, 2.75) is 32.6 Å². The lowest BCUT2D eigenvalue weighted by atomic mass is 10.1. The number of nitrogen functional groups attached to an aromatic ring is 1. The molecule has 0 spiro atoms. The molecule has 0 aliphatic carbocycles. The second kappa shape index (κ2) is 5.42. The smallest absolute Gasteiger partial charge is 0.242 e. The second-order valence-corrected chi connectivity index (χ2v) is 5.82. The van der Waals surface area contributed by atoms with Gasteiger partial charge in [0.25, 0.3) is 0 Å². The van der Waals surface area contributed by atoms with Crippen LogP contribution >= 0.6 is 0 Å². The van der Waals surface area contributed by atoms with Crippen LogP contribution in [0.5, 0.6) is 0 Å². The highest BCUT2D eigenvalue weighted by atomic mass is 32.2. The minimum absolute atomic E-state index is 0.103. The highest BCUT2D eigenvalue weighted by Crippen LogP contribution is 2.27. The molecule has 0 radical (unpaired) electrons. The second-order valence-electron chi connectivity index (χ2n) is 4.11. The molecule has 5 heteroatoms. The molecule has 0 bridgehead atoms. The Morgan fingerprint density at radius 3 is 2.44 bits per heavy atom. The Morgan fingerprint density at radius 1 is 1.28 bits per heavy atom. The van der Waals surface area contributed by atoms with Crippen LogP contribution in [0.4, 0.5) is 5.69 Å². The molecule has 0 aliphatic heterocycles. The first-order valence-electron chi connectivity index (χ1n) is 5.56. The molecule has 0 heterocycles. The summed E-state index contributed by atoms with van der Waals surface area (Å²) in [4.78, 5) is 0.262. The Hall–Kier alpha value is -1.51. The van der Waals surface area contributed by atoms with Gasteiger partial charge < -0.3 is 5.73 Å². The summed E-state index contributed by atoms with van der Waals surface area (Å²) in [5.74, 6) is 5.31. The van der Waals surface area contributed by atoms with E-state index in [4.69, 9.17) is 5.73 Å². The van der Waals surface area contributed by atoms with Crippen molar-refractivity contribution in [3.63, 3.8) is 0 Å². The van der Waals surface area contributed by atoms with E-state index in [0.29, 0.717) is 11.3 Å². The first-order valence-corrected chi connectivity index (χ1v) is 7.05. The summed E-state index contributed by atoms with van der Waals surface area (Å²) in [5, 5.41) is 0. The van der Waals surface area contributed by atoms with Gasteiger partial charge >= 0.3 is 0 Å². The van der Waals surface area contributed by atoms with Crippen LogP contribution in [0, 0.1) is 32.6 Å². The zero-order chi connectivity index (χ0) is 13.9. The molecule has 0 saturated heterocycles. The van der Waals surface area contributed by atoms with Crippen LogP contribution in [-0.4, -0.2) is 15.0 Å². The minimum Gasteiger partial charge on any atom is -0.398 e. The van der Waals surface area contributed by atoms with E-state index in [1.165, 1.54) is 0 Å². The van der Waals surface area contributed by atoms with E-state index >= 15 is 0 Å². The van der Waals surface area contributed by atoms with E-state index in [1.54, 1.807) is 26.8 Å². The predicted octanol–water partition coefficient (Wildman–Crippen LogP) is 1.50. The molecule has 1 rings (SSSR count). The molecule has 0 aromatic heterocycles. The van der Waals surface area contributed by atoms with Crippen molar-refractivity contribution in [3.05, 3.63) is 22.8 Å². The number of hydrogen-bond donors (Lipinski definition) is 2. The largest absolute Gasteiger partial charge is 0.398 e. The van der Waals surface area contributed by atoms with Gasteiger partial charge in [-0.3, -0.25) is 0 Å². The van der Waals surface area contributed by atoms with Crippen molar-refractivity contribution >= 4 is 15.7 Å². The van der Waals surface area contributed by atoms with Crippen LogP contribution < -0.4 is 10.5 Å². The third-order valence-corrected chi connectivity index (χ3v) is 4.55. The zero-order valence-electron chi connectivity index (χ0n) is 11.1. The molecular formula is C13H18N2O2S. The molecule has 3 N–H and O–H groups in total. The topological polar surface area (TPSA) is 72.2 Å². The maximum Gasteiger partial charge on any atom is 0.242 e. The molecule has 98 valence electrons. The molecule has 18 heavy (non-hydrogen) atoms. The van der Waals surface area contributed by atoms with Gasteiger partial charge in [0.15, 0.2) is 0 Å². The summed E-state index contributed by atoms with van der Waals surface area (Å²) in [6.45, 7) is 7.10. The monoisotopic (exact) mass is 266 g/mol. The molecule has 1 aromatic rings. The Balaban J connectivity index is 3.35. The average molecular weight is 266 g/mol. The van der Waals surface area contributed by atoms with Crippen molar-refractivity contribution < 1.29 is 8.42 Å². The van der Waals surface area contributed by atoms with Gasteiger partial charge in [-0.2, -0.15) is 4.72 Å². The van der Waals surface area contributed by atoms with E-state index < -0.39 is 10.0 Å². The fourth-order valence-electron chi connectivity index (χ4n) is 1.74. The van der Waals surface area contributed by atoms with Crippen LogP contribution in [0.1, 0.15) is 23.6 Å². The van der Waals surface area contributed by atoms with Crippen LogP contribution in [0.15, 0.2) is 11.0 Å². The zero-order valence-corrected chi connectivity index (χ0v) is 11.9. The van der Waals surface area contributed by atoms with Crippen LogP contribution in [0.2, 0.25) is 0 Å². The standard InChI is InChI=1S/C13H18N2O2S/c1-5-6-7-15-18(16,17)13-10(3)9(2)8-12(14)11(13)4/h8,15H,7,14H2,1-4H3. The van der Waals surface area contributed by atoms with Crippen molar-refractivity contribution in [1.29, 1.82) is 0 Å². The molecule has 0 fully saturated rings. The van der Waals surface area contributed by atoms with Crippen molar-refractivity contribution in [3.8, 4) is 11.8 Å². The molecular weight excluding hydrogens is 248 g/mol. The van der Waals surface area contributed by atoms with Crippen LogP contribution in [0.25, 0.3) is 0 Å². The Labute approximate surface area is 109 Å². The Bertz CT molecular complexity index is 596. The Kier molecular flexibility index (Phi) is 4.38. The summed E-state index contributed by atoms with van der Waals surface area (Å²) in [5.41, 5.74) is 8.47. The molecule has 0 saturated carbocycles. The molecule has 4 nitrogen and oxygen atoms in total. The fourth-order valence-corrected chi connectivity index (χ4v) is 3.23. The average Bonchev–Trinajstić information content (AvgIpc) is 2.26. The number of sulfonamides is 1. The number of aryl methyl sites for hydroxylation is 1. The fraction of sp³-hybridized carbons (Fsp3) is 0.385. The quantitative estimate of drug-likeness (QED) is 0.643. The lowest BCUT2D eigenvalue weighted by Crippen LogP contribution is -2.26. The number of hydrogen-bond acceptors (Lipinski definition) is 3. The molecule has 0 atom stereocenters. The lowest BCUT2D eigenvalue weighted by molar-refractivity contribution is 0.584. The predicted molar refractivity (Wildman–Crippen MR) is 73.7 cm³/mol. The summed E-state index contributed by atoms with van der Waals surface area (Å²) in [6, 6.07) is 1.79. The van der Waals surface area contributed by atoms with Crippen molar-refractivity contribution in [1.82, 2.24) is 4.72 Å². The summed E-state index contributed by atoms with van der Waals surface area (Å²) >= 11 is 0. The van der Waals surface area contributed by atoms with Gasteiger partial charge in [0.2, 0.25) is 10.0 Å². The van der Waals surface area contributed by atoms with E-state index in [2.05, 4.69) is 16.6 Å². The molecule has 1 aromatic carbocycles. The van der Waals surface area contributed by atoms with E-state index in [0.717, 1.165) is 11.1 Å². The van der Waals surface area contributed by atoms with Gasteiger partial charge in [0.05, 0.1) is 11.4 Å². The number of nitrogens with two attached hydrogens (primary N) is 1. The van der Waals surface area contributed by atoms with E-state index in [1.807, 2.05) is 6.92 Å². The minimum atomic E-state index is -3.57. The van der Waals surface area contributed by atoms with Gasteiger partial charge in [0, 0.05) is 5.69 Å². The Morgan fingerprint density at radius 2 is 1.89 bits per heavy atom. The highest BCUT2D eigenvalue weighted by molar-refractivity contribution is 7.89. The maximum atomic E-state index is 12.2. The SMILES string of the molecule is CC#CCNS(=O)(=O)c1c(C)c(C)cc(N)c1C. The molecule has 0 aliphatic rings. The van der Waals surface area contributed by atoms with Gasteiger partial charge in [0.1, 0.15) is 0 Å². The third kappa shape index (κ3) is 2.84. The first kappa shape index (κ1) is 14.6. The van der Waals surface area contributed by atoms with Gasteiger partial charge in [-0.25, -0.2) is 8.42 Å². The highest BCUT2D eigenvalue weighted by Gasteiger charge is 2.21. The van der Waals surface area contributed by atoms with Crippen molar-refractivity contribution in [2.75, 3.05) is 12.3 Å². The summed E-state index contributed by atoms with van der Waals surface area (Å²) < 4.78 is 26.9. The third-order valence-electron chi connectivity index (χ3n) is 2.87. The number of benzene rings is 1. The molecule has 0 amide bonds. The van der Waals surface area contributed by atoms with Gasteiger partial charge in [-0.15, -0.1) is 5.92 Å². The number of anilines is 1. The summed E-state index contributed by atoms with van der Waals surface area (Å²) in [7, 11) is -3.57. The van der Waals surface area contributed by atoms with E-state index in [9.17, 15) is 8.42 Å². The van der Waals surface area contributed by atoms with E-state index in [-0.39, 0.29) is 11.4 Å². The van der Waals surface area contributed by atoms with Crippen LogP contribution in [0.3, 0.4) is 0 Å². The van der Waals surface area contributed by atoms with Crippen LogP contribution in [-0.2, 0) is 10.0 Å². The normalized spacial score (nSPS) is 10.9. The number of rotatable bonds is 3. The van der Waals surface area contributed by atoms with Gasteiger partial charge in [-0.1, -0.05) is 5.92 Å². The van der Waals surface area contributed by atoms with Gasteiger partial charge in [-0.05, 0) is 50.5 Å². The lowest BCUT2D eigenvalue weighted by Gasteiger charge is -2.15. The molecule has 0 unspecified atom stereocenters. The maximum absolute atomic E-state index is 12.2. The first-order chi connectivity index (χ1) is 8.31. The van der Waals surface area contributed by atoms with Crippen molar-refractivity contribution in [2.24, 2.45) is 0 Å². The summed E-state index contributed by atoms with van der Waals surface area (Å²) in [6.07, 6.45) is 0.